The number of anilines is 1. The number of rotatable bonds is 5. The standard InChI is InChI=1S/C25H25ClN6O2/c1-17-8-10-19(11-9-17)24-29-28-23(34-24)18(2)30-12-14-31(15-13-30)21-16-27-32(25(33)22(21)26)20-6-4-3-5-7-20/h3-11,16,18H,12-15H2,1-2H3. The molecule has 34 heavy (non-hydrogen) atoms. The van der Waals surface area contributed by atoms with E-state index in [2.05, 4.69) is 32.0 Å². The molecule has 0 amide bonds. The molecule has 1 unspecified atom stereocenters. The Morgan fingerprint density at radius 3 is 2.38 bits per heavy atom. The van der Waals surface area contributed by atoms with E-state index < -0.39 is 0 Å². The second kappa shape index (κ2) is 9.40. The molecule has 0 aliphatic carbocycles. The van der Waals surface area contributed by atoms with Gasteiger partial charge in [0.05, 0.1) is 23.6 Å². The summed E-state index contributed by atoms with van der Waals surface area (Å²) in [5.74, 6) is 1.12. The summed E-state index contributed by atoms with van der Waals surface area (Å²) in [7, 11) is 0. The zero-order valence-corrected chi connectivity index (χ0v) is 19.8. The molecule has 1 aliphatic heterocycles. The molecular weight excluding hydrogens is 452 g/mol. The quantitative estimate of drug-likeness (QED) is 0.428. The summed E-state index contributed by atoms with van der Waals surface area (Å²) in [5, 5.41) is 13.1. The number of hydrogen-bond acceptors (Lipinski definition) is 7. The number of piperazine rings is 1. The van der Waals surface area contributed by atoms with Gasteiger partial charge in [0.2, 0.25) is 11.8 Å². The maximum atomic E-state index is 12.8. The Bertz CT molecular complexity index is 1330. The molecule has 1 aliphatic rings. The van der Waals surface area contributed by atoms with Crippen molar-refractivity contribution in [3.05, 3.63) is 87.6 Å². The maximum absolute atomic E-state index is 12.8. The van der Waals surface area contributed by atoms with Crippen molar-refractivity contribution in [1.29, 1.82) is 0 Å². The molecular formula is C25H25ClN6O2. The molecule has 2 aromatic heterocycles. The monoisotopic (exact) mass is 476 g/mol. The molecule has 9 heteroatoms. The predicted octanol–water partition coefficient (Wildman–Crippen LogP) is 4.13. The molecule has 3 heterocycles. The maximum Gasteiger partial charge on any atom is 0.292 e. The van der Waals surface area contributed by atoms with Crippen molar-refractivity contribution in [3.63, 3.8) is 0 Å². The van der Waals surface area contributed by atoms with Crippen molar-refractivity contribution >= 4 is 17.3 Å². The normalized spacial score (nSPS) is 15.4. The topological polar surface area (TPSA) is 80.3 Å². The van der Waals surface area contributed by atoms with Crippen molar-refractivity contribution in [2.45, 2.75) is 19.9 Å². The van der Waals surface area contributed by atoms with Crippen LogP contribution in [0.2, 0.25) is 5.02 Å². The number of hydrogen-bond donors (Lipinski definition) is 0. The van der Waals surface area contributed by atoms with Crippen LogP contribution in [0.15, 0.2) is 70.0 Å². The van der Waals surface area contributed by atoms with E-state index in [9.17, 15) is 4.79 Å². The van der Waals surface area contributed by atoms with Gasteiger partial charge in [0, 0.05) is 31.7 Å². The van der Waals surface area contributed by atoms with Gasteiger partial charge in [-0.1, -0.05) is 47.5 Å². The van der Waals surface area contributed by atoms with Gasteiger partial charge in [-0.15, -0.1) is 10.2 Å². The number of nitrogens with zero attached hydrogens (tertiary/aromatic N) is 6. The summed E-state index contributed by atoms with van der Waals surface area (Å²) in [6.45, 7) is 7.06. The van der Waals surface area contributed by atoms with E-state index in [1.165, 1.54) is 10.2 Å². The lowest BCUT2D eigenvalue weighted by Crippen LogP contribution is -2.47. The molecule has 5 rings (SSSR count). The third-order valence-corrected chi connectivity index (χ3v) is 6.56. The van der Waals surface area contributed by atoms with Gasteiger partial charge in [-0.2, -0.15) is 9.78 Å². The van der Waals surface area contributed by atoms with Gasteiger partial charge in [-0.3, -0.25) is 9.69 Å². The first-order valence-electron chi connectivity index (χ1n) is 11.2. The van der Waals surface area contributed by atoms with E-state index in [-0.39, 0.29) is 16.6 Å². The van der Waals surface area contributed by atoms with E-state index in [4.69, 9.17) is 16.0 Å². The SMILES string of the molecule is Cc1ccc(-c2nnc(C(C)N3CCN(c4cnn(-c5ccccc5)c(=O)c4Cl)CC3)o2)cc1. The molecule has 4 aromatic rings. The molecule has 1 fully saturated rings. The van der Waals surface area contributed by atoms with Crippen LogP contribution in [-0.4, -0.2) is 51.1 Å². The minimum atomic E-state index is -0.323. The van der Waals surface area contributed by atoms with E-state index >= 15 is 0 Å². The van der Waals surface area contributed by atoms with Crippen molar-refractivity contribution in [1.82, 2.24) is 24.9 Å². The van der Waals surface area contributed by atoms with Gasteiger partial charge in [0.15, 0.2) is 0 Å². The molecule has 0 bridgehead atoms. The van der Waals surface area contributed by atoms with Gasteiger partial charge in [0.1, 0.15) is 5.02 Å². The van der Waals surface area contributed by atoms with Crippen LogP contribution in [0, 0.1) is 6.92 Å². The van der Waals surface area contributed by atoms with Crippen molar-refractivity contribution < 1.29 is 4.42 Å². The predicted molar refractivity (Wildman–Crippen MR) is 132 cm³/mol. The summed E-state index contributed by atoms with van der Waals surface area (Å²) >= 11 is 6.49. The summed E-state index contributed by atoms with van der Waals surface area (Å²) < 4.78 is 7.30. The fourth-order valence-corrected chi connectivity index (χ4v) is 4.37. The second-order valence-corrected chi connectivity index (χ2v) is 8.78. The Morgan fingerprint density at radius 1 is 0.971 bits per heavy atom. The second-order valence-electron chi connectivity index (χ2n) is 8.41. The van der Waals surface area contributed by atoms with E-state index in [0.717, 1.165) is 18.7 Å². The number of benzene rings is 2. The number of aryl methyl sites for hydroxylation is 1. The fraction of sp³-hybridized carbons (Fsp3) is 0.280. The van der Waals surface area contributed by atoms with Crippen LogP contribution in [0.4, 0.5) is 5.69 Å². The van der Waals surface area contributed by atoms with Crippen LogP contribution in [0.3, 0.4) is 0 Å². The van der Waals surface area contributed by atoms with E-state index in [1.54, 1.807) is 6.20 Å². The largest absolute Gasteiger partial charge is 0.419 e. The Kier molecular flexibility index (Phi) is 6.17. The first kappa shape index (κ1) is 22.3. The molecule has 1 saturated heterocycles. The molecule has 8 nitrogen and oxygen atoms in total. The zero-order valence-electron chi connectivity index (χ0n) is 19.1. The lowest BCUT2D eigenvalue weighted by molar-refractivity contribution is 0.173. The summed E-state index contributed by atoms with van der Waals surface area (Å²) in [6, 6.07) is 17.3. The van der Waals surface area contributed by atoms with Crippen LogP contribution in [-0.2, 0) is 0 Å². The van der Waals surface area contributed by atoms with Gasteiger partial charge >= 0.3 is 0 Å². The lowest BCUT2D eigenvalue weighted by atomic mass is 10.1. The number of halogens is 1. The molecule has 1 atom stereocenters. The molecule has 0 saturated carbocycles. The Morgan fingerprint density at radius 2 is 1.68 bits per heavy atom. The molecule has 0 N–H and O–H groups in total. The molecule has 2 aromatic carbocycles. The lowest BCUT2D eigenvalue weighted by Gasteiger charge is -2.38. The smallest absolute Gasteiger partial charge is 0.292 e. The van der Waals surface area contributed by atoms with Crippen LogP contribution < -0.4 is 10.5 Å². The van der Waals surface area contributed by atoms with Gasteiger partial charge in [-0.05, 0) is 38.1 Å². The highest BCUT2D eigenvalue weighted by Crippen LogP contribution is 2.28. The minimum absolute atomic E-state index is 0.0199. The van der Waals surface area contributed by atoms with Gasteiger partial charge < -0.3 is 9.32 Å². The third-order valence-electron chi connectivity index (χ3n) is 6.20. The van der Waals surface area contributed by atoms with E-state index in [0.29, 0.717) is 36.2 Å². The Balaban J connectivity index is 1.26. The average Bonchev–Trinajstić information content (AvgIpc) is 3.37. The minimum Gasteiger partial charge on any atom is -0.419 e. The van der Waals surface area contributed by atoms with Gasteiger partial charge in [0.25, 0.3) is 5.56 Å². The van der Waals surface area contributed by atoms with Crippen molar-refractivity contribution in [3.8, 4) is 17.1 Å². The third kappa shape index (κ3) is 4.34. The molecule has 0 radical (unpaired) electrons. The van der Waals surface area contributed by atoms with Crippen LogP contribution in [0.1, 0.15) is 24.4 Å². The number of aromatic nitrogens is 4. The highest BCUT2D eigenvalue weighted by molar-refractivity contribution is 6.33. The Labute approximate surface area is 202 Å². The zero-order chi connectivity index (χ0) is 23.7. The van der Waals surface area contributed by atoms with Crippen LogP contribution >= 0.6 is 11.6 Å². The highest BCUT2D eigenvalue weighted by atomic mass is 35.5. The van der Waals surface area contributed by atoms with E-state index in [1.807, 2.05) is 61.5 Å². The summed E-state index contributed by atoms with van der Waals surface area (Å²) in [6.07, 6.45) is 1.67. The average molecular weight is 477 g/mol. The Hall–Kier alpha value is -3.49. The van der Waals surface area contributed by atoms with Crippen molar-refractivity contribution in [2.75, 3.05) is 31.1 Å². The van der Waals surface area contributed by atoms with Crippen molar-refractivity contribution in [2.24, 2.45) is 0 Å². The van der Waals surface area contributed by atoms with Gasteiger partial charge in [-0.25, -0.2) is 0 Å². The van der Waals surface area contributed by atoms with Crippen LogP contribution in [0.5, 0.6) is 0 Å². The molecule has 174 valence electrons. The first-order valence-corrected chi connectivity index (χ1v) is 11.6. The van der Waals surface area contributed by atoms with Crippen LogP contribution in [0.25, 0.3) is 17.1 Å². The fourth-order valence-electron chi connectivity index (χ4n) is 4.12. The first-order chi connectivity index (χ1) is 16.5. The number of para-hydroxylation sites is 1. The highest BCUT2D eigenvalue weighted by Gasteiger charge is 2.27. The summed E-state index contributed by atoms with van der Waals surface area (Å²) in [5.41, 5.74) is 3.11. The molecule has 0 spiro atoms. The summed E-state index contributed by atoms with van der Waals surface area (Å²) in [4.78, 5) is 17.2.